The number of methoxy groups -OCH3 is 1. The molecule has 1 aromatic heterocycles. The summed E-state index contributed by atoms with van der Waals surface area (Å²) in [5.74, 6) is -0.287. The van der Waals surface area contributed by atoms with Crippen LogP contribution in [0.3, 0.4) is 0 Å². The first-order valence-electron chi connectivity index (χ1n) is 5.59. The van der Waals surface area contributed by atoms with Gasteiger partial charge in [-0.3, -0.25) is 14.7 Å². The summed E-state index contributed by atoms with van der Waals surface area (Å²) < 4.78 is 4.74. The van der Waals surface area contributed by atoms with Gasteiger partial charge in [0.15, 0.2) is 0 Å². The minimum absolute atomic E-state index is 0.287. The Morgan fingerprint density at radius 2 is 2.53 bits per heavy atom. The van der Waals surface area contributed by atoms with E-state index in [1.54, 1.807) is 12.4 Å². The van der Waals surface area contributed by atoms with Crippen LogP contribution in [0.1, 0.15) is 12.0 Å². The fourth-order valence-corrected chi connectivity index (χ4v) is 2.16. The monoisotopic (exact) mass is 236 g/mol. The van der Waals surface area contributed by atoms with Gasteiger partial charge in [-0.15, -0.1) is 0 Å². The molecule has 1 saturated heterocycles. The molecule has 1 aliphatic heterocycles. The summed E-state index contributed by atoms with van der Waals surface area (Å²) >= 11 is 0. The van der Waals surface area contributed by atoms with E-state index in [9.17, 15) is 9.90 Å². The number of aromatic nitrogens is 1. The smallest absolute Gasteiger partial charge is 0.323 e. The molecule has 5 heteroatoms. The predicted octanol–water partition coefficient (Wildman–Crippen LogP) is 0.190. The number of rotatable bonds is 3. The Morgan fingerprint density at radius 1 is 1.71 bits per heavy atom. The number of aliphatic hydroxyl groups excluding tert-OH is 1. The van der Waals surface area contributed by atoms with Gasteiger partial charge in [0.2, 0.25) is 0 Å². The molecule has 0 aromatic carbocycles. The van der Waals surface area contributed by atoms with Crippen molar-refractivity contribution in [3.63, 3.8) is 0 Å². The van der Waals surface area contributed by atoms with Crippen LogP contribution in [0.5, 0.6) is 0 Å². The number of β-amino-alcohol motifs (C(OH)–C–C–N with tert-alkyl or cyclic N) is 1. The summed E-state index contributed by atoms with van der Waals surface area (Å²) in [4.78, 5) is 17.5. The topological polar surface area (TPSA) is 62.7 Å². The number of esters is 1. The van der Waals surface area contributed by atoms with Crippen molar-refractivity contribution in [2.75, 3.05) is 13.7 Å². The van der Waals surface area contributed by atoms with E-state index in [4.69, 9.17) is 4.74 Å². The Hall–Kier alpha value is -1.46. The molecule has 0 bridgehead atoms. The standard InChI is InChI=1S/C12H16N2O3/c1-17-12(16)11-5-10(15)8-14(11)7-9-3-2-4-13-6-9/h2-4,6,10-11,15H,5,7-8H2,1H3. The van der Waals surface area contributed by atoms with Crippen molar-refractivity contribution in [1.29, 1.82) is 0 Å². The highest BCUT2D eigenvalue weighted by atomic mass is 16.5. The first kappa shape index (κ1) is 12.0. The van der Waals surface area contributed by atoms with E-state index in [1.165, 1.54) is 7.11 Å². The lowest BCUT2D eigenvalue weighted by molar-refractivity contribution is -0.146. The van der Waals surface area contributed by atoms with Crippen LogP contribution in [0.25, 0.3) is 0 Å². The maximum atomic E-state index is 11.6. The highest BCUT2D eigenvalue weighted by Gasteiger charge is 2.36. The second-order valence-electron chi connectivity index (χ2n) is 4.22. The molecule has 0 aliphatic carbocycles. The van der Waals surface area contributed by atoms with E-state index >= 15 is 0 Å². The molecule has 1 fully saturated rings. The fraction of sp³-hybridized carbons (Fsp3) is 0.500. The van der Waals surface area contributed by atoms with Crippen LogP contribution in [0.15, 0.2) is 24.5 Å². The van der Waals surface area contributed by atoms with Crippen molar-refractivity contribution in [1.82, 2.24) is 9.88 Å². The molecule has 0 amide bonds. The normalized spacial score (nSPS) is 24.8. The van der Waals surface area contributed by atoms with Gasteiger partial charge in [-0.25, -0.2) is 0 Å². The summed E-state index contributed by atoms with van der Waals surface area (Å²) in [6.07, 6.45) is 3.45. The molecule has 0 saturated carbocycles. The number of aliphatic hydroxyl groups is 1. The Labute approximate surface area is 100 Å². The number of nitrogens with zero attached hydrogens (tertiary/aromatic N) is 2. The fourth-order valence-electron chi connectivity index (χ4n) is 2.16. The summed E-state index contributed by atoms with van der Waals surface area (Å²) in [7, 11) is 1.37. The average molecular weight is 236 g/mol. The molecule has 2 heterocycles. The van der Waals surface area contributed by atoms with Gasteiger partial charge in [-0.2, -0.15) is 0 Å². The SMILES string of the molecule is COC(=O)C1CC(O)CN1Cc1cccnc1. The molecular formula is C12H16N2O3. The van der Waals surface area contributed by atoms with Crippen molar-refractivity contribution in [2.24, 2.45) is 0 Å². The number of likely N-dealkylation sites (tertiary alicyclic amines) is 1. The molecule has 0 radical (unpaired) electrons. The van der Waals surface area contributed by atoms with E-state index in [-0.39, 0.29) is 12.0 Å². The van der Waals surface area contributed by atoms with Crippen LogP contribution in [-0.4, -0.2) is 46.8 Å². The van der Waals surface area contributed by atoms with Crippen LogP contribution < -0.4 is 0 Å². The van der Waals surface area contributed by atoms with E-state index in [1.807, 2.05) is 17.0 Å². The Morgan fingerprint density at radius 3 is 3.18 bits per heavy atom. The third kappa shape index (κ3) is 2.81. The molecule has 92 valence electrons. The lowest BCUT2D eigenvalue weighted by Gasteiger charge is -2.21. The maximum Gasteiger partial charge on any atom is 0.323 e. The zero-order chi connectivity index (χ0) is 12.3. The van der Waals surface area contributed by atoms with Crippen molar-refractivity contribution in [3.05, 3.63) is 30.1 Å². The van der Waals surface area contributed by atoms with E-state index < -0.39 is 6.10 Å². The summed E-state index contributed by atoms with van der Waals surface area (Å²) in [5.41, 5.74) is 1.02. The van der Waals surface area contributed by atoms with Gasteiger partial charge in [0.25, 0.3) is 0 Å². The maximum absolute atomic E-state index is 11.6. The molecule has 2 atom stereocenters. The lowest BCUT2D eigenvalue weighted by atomic mass is 10.2. The summed E-state index contributed by atoms with van der Waals surface area (Å²) in [6.45, 7) is 1.10. The van der Waals surface area contributed by atoms with E-state index in [0.29, 0.717) is 19.5 Å². The van der Waals surface area contributed by atoms with Crippen molar-refractivity contribution in [2.45, 2.75) is 25.1 Å². The molecule has 17 heavy (non-hydrogen) atoms. The van der Waals surface area contributed by atoms with Crippen molar-refractivity contribution in [3.8, 4) is 0 Å². The number of hydrogen-bond acceptors (Lipinski definition) is 5. The van der Waals surface area contributed by atoms with Gasteiger partial charge >= 0.3 is 5.97 Å². The van der Waals surface area contributed by atoms with E-state index in [2.05, 4.69) is 4.98 Å². The number of carbonyl (C=O) groups excluding carboxylic acids is 1. The molecule has 2 rings (SSSR count). The van der Waals surface area contributed by atoms with E-state index in [0.717, 1.165) is 5.56 Å². The Bertz CT molecular complexity index is 383. The van der Waals surface area contributed by atoms with Crippen LogP contribution in [-0.2, 0) is 16.1 Å². The molecule has 1 aliphatic rings. The summed E-state index contributed by atoms with van der Waals surface area (Å²) in [6, 6.07) is 3.45. The van der Waals surface area contributed by atoms with Gasteiger partial charge in [0.05, 0.1) is 13.2 Å². The van der Waals surface area contributed by atoms with Gasteiger partial charge in [0, 0.05) is 31.9 Å². The van der Waals surface area contributed by atoms with Crippen LogP contribution in [0, 0.1) is 0 Å². The molecule has 0 spiro atoms. The molecular weight excluding hydrogens is 220 g/mol. The third-order valence-electron chi connectivity index (χ3n) is 2.96. The molecule has 1 aromatic rings. The third-order valence-corrected chi connectivity index (χ3v) is 2.96. The first-order chi connectivity index (χ1) is 8.20. The number of carbonyl (C=O) groups is 1. The average Bonchev–Trinajstić information content (AvgIpc) is 2.70. The summed E-state index contributed by atoms with van der Waals surface area (Å²) in [5, 5.41) is 9.63. The van der Waals surface area contributed by atoms with Crippen molar-refractivity contribution >= 4 is 5.97 Å². The van der Waals surface area contributed by atoms with Gasteiger partial charge in [-0.05, 0) is 11.6 Å². The highest BCUT2D eigenvalue weighted by molar-refractivity contribution is 5.76. The van der Waals surface area contributed by atoms with Crippen molar-refractivity contribution < 1.29 is 14.6 Å². The molecule has 1 N–H and O–H groups in total. The predicted molar refractivity (Wildman–Crippen MR) is 61.1 cm³/mol. The van der Waals surface area contributed by atoms with Crippen LogP contribution in [0.4, 0.5) is 0 Å². The Kier molecular flexibility index (Phi) is 3.71. The minimum atomic E-state index is -0.462. The minimum Gasteiger partial charge on any atom is -0.468 e. The zero-order valence-electron chi connectivity index (χ0n) is 9.74. The second-order valence-corrected chi connectivity index (χ2v) is 4.22. The Balaban J connectivity index is 2.06. The number of hydrogen-bond donors (Lipinski definition) is 1. The van der Waals surface area contributed by atoms with Crippen LogP contribution in [0.2, 0.25) is 0 Å². The first-order valence-corrected chi connectivity index (χ1v) is 5.59. The number of ether oxygens (including phenoxy) is 1. The lowest BCUT2D eigenvalue weighted by Crippen LogP contribution is -2.36. The molecule has 5 nitrogen and oxygen atoms in total. The number of pyridine rings is 1. The zero-order valence-corrected chi connectivity index (χ0v) is 9.74. The van der Waals surface area contributed by atoms with Crippen LogP contribution >= 0.6 is 0 Å². The van der Waals surface area contributed by atoms with Gasteiger partial charge in [-0.1, -0.05) is 6.07 Å². The highest BCUT2D eigenvalue weighted by Crippen LogP contribution is 2.21. The largest absolute Gasteiger partial charge is 0.468 e. The second kappa shape index (κ2) is 5.25. The van der Waals surface area contributed by atoms with Gasteiger partial charge in [0.1, 0.15) is 6.04 Å². The van der Waals surface area contributed by atoms with Gasteiger partial charge < -0.3 is 9.84 Å². The molecule has 2 unspecified atom stereocenters. The quantitative estimate of drug-likeness (QED) is 0.759.